The van der Waals surface area contributed by atoms with Gasteiger partial charge in [-0.15, -0.1) is 0 Å². The molecule has 34 nitrogen and oxygen atoms in total. The predicted molar refractivity (Wildman–Crippen MR) is 502 cm³/mol. The van der Waals surface area contributed by atoms with Crippen molar-refractivity contribution in [2.45, 2.75) is 173 Å². The summed E-state index contributed by atoms with van der Waals surface area (Å²) >= 11 is 70.6. The summed E-state index contributed by atoms with van der Waals surface area (Å²) in [4.78, 5) is 89.5. The molecule has 6 aromatic carbocycles. The summed E-state index contributed by atoms with van der Waals surface area (Å²) in [5, 5.41) is 81.1. The van der Waals surface area contributed by atoms with E-state index in [2.05, 4.69) is 45.2 Å². The van der Waals surface area contributed by atoms with Crippen molar-refractivity contribution in [2.24, 2.45) is 35.5 Å². The molecular formula is C84H88Cl11I2N5O29. The fourth-order valence-electron chi connectivity index (χ4n) is 13.7. The molecule has 0 aliphatic carbocycles. The Labute approximate surface area is 831 Å². The number of rotatable bonds is 21. The first-order valence-corrected chi connectivity index (χ1v) is 45.6. The number of aliphatic hydroxyl groups excluding tert-OH is 4. The van der Waals surface area contributed by atoms with Crippen molar-refractivity contribution in [3.63, 3.8) is 0 Å². The molecule has 6 heterocycles. The quantitative estimate of drug-likeness (QED) is 0.00569. The summed E-state index contributed by atoms with van der Waals surface area (Å²) in [5.74, 6) is -3.97. The number of nitrogens with zero attached hydrogens (tertiary/aromatic N) is 4. The number of phenols is 1. The van der Waals surface area contributed by atoms with Crippen molar-refractivity contribution in [2.75, 3.05) is 26.4 Å². The van der Waals surface area contributed by atoms with E-state index in [-0.39, 0.29) is 120 Å². The average molecular weight is 2280 g/mol. The Bertz CT molecular complexity index is 5360. The fraction of sp³-hybridized carbons (Fsp3) is 0.440. The Morgan fingerprint density at radius 2 is 0.733 bits per heavy atom. The number of aliphatic hydroxyl groups is 4. The molecule has 47 heteroatoms. The van der Waals surface area contributed by atoms with Crippen molar-refractivity contribution in [3.05, 3.63) is 177 Å². The third kappa shape index (κ3) is 29.3. The number of aromatic nitrogens is 2. The van der Waals surface area contributed by atoms with Crippen molar-refractivity contribution in [1.82, 2.24) is 9.13 Å². The zero-order chi connectivity index (χ0) is 97.6. The minimum absolute atomic E-state index is 0.00536. The second kappa shape index (κ2) is 48.7. The fourth-order valence-corrected chi connectivity index (χ4v) is 18.0. The number of carbonyl (C=O) groups excluding carboxylic acids is 6. The van der Waals surface area contributed by atoms with Gasteiger partial charge in [-0.2, -0.15) is 0 Å². The average Bonchev–Trinajstić information content (AvgIpc) is 1.69. The van der Waals surface area contributed by atoms with E-state index in [1.807, 2.05) is 41.5 Å². The smallest absolute Gasteiger partial charge is 0.303 e. The molecule has 4 aliphatic heterocycles. The predicted octanol–water partition coefficient (Wildman–Crippen LogP) is 18.4. The van der Waals surface area contributed by atoms with Crippen LogP contribution in [0.15, 0.2) is 109 Å². The van der Waals surface area contributed by atoms with Gasteiger partial charge in [0, 0.05) is 125 Å². The van der Waals surface area contributed by atoms with Crippen LogP contribution in [-0.4, -0.2) is 203 Å². The maximum atomic E-state index is 11.8. The lowest BCUT2D eigenvalue weighted by molar-refractivity contribution is -0.384. The highest BCUT2D eigenvalue weighted by atomic mass is 127. The minimum atomic E-state index is -2.08. The van der Waals surface area contributed by atoms with Crippen LogP contribution in [0.4, 0.5) is 11.4 Å². The number of nitro benzene ring substituents is 2. The summed E-state index contributed by atoms with van der Waals surface area (Å²) in [6.45, 7) is 18.6. The number of fused-ring (bicyclic) bond motifs is 2. The van der Waals surface area contributed by atoms with E-state index in [9.17, 15) is 69.4 Å². The number of non-ortho nitro benzene ring substituents is 2. The second-order valence-corrected chi connectivity index (χ2v) is 38.2. The number of aromatic hydroxyl groups is 1. The Balaban J connectivity index is 0.000000210. The van der Waals surface area contributed by atoms with Crippen molar-refractivity contribution >= 4 is 248 Å². The maximum absolute atomic E-state index is 11.8. The number of benzene rings is 6. The van der Waals surface area contributed by atoms with E-state index < -0.39 is 148 Å². The molecule has 714 valence electrons. The maximum Gasteiger partial charge on any atom is 0.303 e. The van der Waals surface area contributed by atoms with E-state index in [4.69, 9.17) is 204 Å². The molecule has 0 bridgehead atoms. The Morgan fingerprint density at radius 1 is 0.427 bits per heavy atom. The molecule has 20 atom stereocenters. The van der Waals surface area contributed by atoms with Gasteiger partial charge in [-0.25, -0.2) is 0 Å². The Morgan fingerprint density at radius 3 is 1.05 bits per heavy atom. The van der Waals surface area contributed by atoms with Crippen LogP contribution in [0.1, 0.15) is 83.1 Å². The number of alkyl halides is 3. The first-order chi connectivity index (χ1) is 61.3. The van der Waals surface area contributed by atoms with E-state index in [0.29, 0.717) is 37.7 Å². The standard InChI is InChI=1S/C26H26Cl2N2O8.C20H18Cl2N2O8.C18H21Cl2IO6.C14H20Cl3NO6.C6H3Cl2IO/c1-13-14(2)24(36-16(4)32)26(37-23(13)12-35-15(3)31)38-25-20(27)10-19(11-21(25)28)29-8-7-17-9-18(30(33)34)5-6-22(17)29;21-12-6-11(23-4-3-9-5-10(24(29)30)1-2-14(9)23)7-13(22)19(12)32-20-18(28)17(27)16(26)15(8-25)31-20;1-8-9(2)16(25-11(4)23)18(26-15(8)7-24-10(3)22)27-17-13(19)5-12(21)6-14(17)20;1-6-7(2)11(22-9(4)20)12(24-13(18)14(15,16)17)23-10(6)5-21-8(3)19;7-4-1-3(9)2-5(8)6(4)10/h5-11,13-14,23-24,26H,12H2,1-4H3;1-7,15-18,20,25-28H,8H2;5-6,8-9,15-16,18H,7H2,1-4H3;6-7,10-12,18H,5H2,1-4H3;1-2,10H/t13-,14-,23?,24?,26+;15?,16-,17+,18?,20-;8-,9-,15?,16?,18+;6?,7-,10?,11?,12+;/m0100./s1. The topological polar surface area (TPSA) is 453 Å². The first kappa shape index (κ1) is 109. The number of ether oxygens (including phenoxy) is 14. The third-order valence-electron chi connectivity index (χ3n) is 21.1. The van der Waals surface area contributed by atoms with Crippen molar-refractivity contribution in [3.8, 4) is 34.4 Å². The van der Waals surface area contributed by atoms with Gasteiger partial charge in [0.05, 0.1) is 86.0 Å². The first-order valence-electron chi connectivity index (χ1n) is 39.3. The number of hydrogen-bond acceptors (Lipinski definition) is 30. The van der Waals surface area contributed by atoms with Gasteiger partial charge >= 0.3 is 35.8 Å². The van der Waals surface area contributed by atoms with Gasteiger partial charge in [0.25, 0.3) is 15.2 Å². The highest BCUT2D eigenvalue weighted by Crippen LogP contribution is 2.46. The molecule has 4 aliphatic rings. The lowest BCUT2D eigenvalue weighted by Gasteiger charge is -2.43. The number of nitro groups is 2. The molecule has 2 aromatic heterocycles. The normalized spacial score (nSPS) is 25.0. The van der Waals surface area contributed by atoms with Gasteiger partial charge in [0.15, 0.2) is 41.3 Å². The van der Waals surface area contributed by atoms with Crippen LogP contribution in [0, 0.1) is 68.3 Å². The summed E-state index contributed by atoms with van der Waals surface area (Å²) in [6, 6.07) is 25.5. The van der Waals surface area contributed by atoms with Gasteiger partial charge in [-0.3, -0.25) is 54.4 Å². The molecule has 9 unspecified atom stereocenters. The zero-order valence-electron chi connectivity index (χ0n) is 71.0. The van der Waals surface area contributed by atoms with Crippen molar-refractivity contribution < 1.29 is 130 Å². The summed E-state index contributed by atoms with van der Waals surface area (Å²) in [6.07, 6.45) is -10.8. The van der Waals surface area contributed by atoms with E-state index in [1.54, 1.807) is 82.2 Å². The number of phenolic OH excluding ortho intramolecular Hbond substituents is 1. The van der Waals surface area contributed by atoms with Gasteiger partial charge in [-0.1, -0.05) is 169 Å². The number of halogens is 13. The number of nitrogens with one attached hydrogen (secondary N) is 1. The molecular weight excluding hydrogens is 2190 g/mol. The highest BCUT2D eigenvalue weighted by Gasteiger charge is 2.51. The zero-order valence-corrected chi connectivity index (χ0v) is 83.6. The number of esters is 6. The third-order valence-corrected chi connectivity index (χ3v) is 25.1. The van der Waals surface area contributed by atoms with Gasteiger partial charge in [-0.05, 0) is 136 Å². The summed E-state index contributed by atoms with van der Waals surface area (Å²) < 4.78 is 80.7. The number of carbonyl (C=O) groups is 6. The van der Waals surface area contributed by atoms with E-state index >= 15 is 0 Å². The van der Waals surface area contributed by atoms with Crippen LogP contribution in [0.2, 0.25) is 40.2 Å². The monoisotopic (exact) mass is 2270 g/mol. The molecule has 6 N–H and O–H groups in total. The molecule has 0 amide bonds. The van der Waals surface area contributed by atoms with Gasteiger partial charge in [0.1, 0.15) is 44.2 Å². The summed E-state index contributed by atoms with van der Waals surface area (Å²) in [5.41, 5.74) is 2.51. The van der Waals surface area contributed by atoms with Crippen LogP contribution >= 0.6 is 173 Å². The highest BCUT2D eigenvalue weighted by molar-refractivity contribution is 14.1. The molecule has 4 fully saturated rings. The lowest BCUT2D eigenvalue weighted by Crippen LogP contribution is -2.60. The molecule has 131 heavy (non-hydrogen) atoms. The Hall–Kier alpha value is -6.98. The largest absolute Gasteiger partial charge is 0.505 e. The SMILES string of the molecule is CC(=O)OCC1O[C@H](OC(=N)C(Cl)(Cl)Cl)C(OC(C)=O)[C@@H](C)C1C.CC(=O)OCC1O[C@H](Oc2c(Cl)cc(-n3ccc4cc([N+](=O)[O-])ccc43)cc2Cl)C(OC(C)=O)[C@@H](C)[C@@H]1C.CC(=O)OCC1O[C@H](Oc2c(Cl)cc(I)cc2Cl)C(OC(C)=O)[C@@H](C)[C@@H]1C.O=[N+]([O-])c1ccc2c(ccn2-c2cc(Cl)c(O[C@H]3OC(CO)[C@@H](O)[C@H](O)C3O)c(Cl)c2)c1.Oc1c(Cl)cc(I)cc1Cl. The van der Waals surface area contributed by atoms with Gasteiger partial charge in [0.2, 0.25) is 31.1 Å². The van der Waals surface area contributed by atoms with Crippen LogP contribution < -0.4 is 14.2 Å². The molecule has 0 spiro atoms. The van der Waals surface area contributed by atoms with Crippen LogP contribution in [0.5, 0.6) is 23.0 Å². The second-order valence-electron chi connectivity index (χ2n) is 30.2. The molecule has 12 rings (SSSR count). The van der Waals surface area contributed by atoms with E-state index in [0.717, 1.165) is 12.7 Å². The Kier molecular flexibility index (Phi) is 40.6. The van der Waals surface area contributed by atoms with Crippen LogP contribution in [-0.2, 0) is 80.9 Å². The van der Waals surface area contributed by atoms with Crippen LogP contribution in [0.3, 0.4) is 0 Å². The van der Waals surface area contributed by atoms with E-state index in [1.165, 1.54) is 77.9 Å². The van der Waals surface area contributed by atoms with Crippen LogP contribution in [0.25, 0.3) is 33.2 Å². The summed E-state index contributed by atoms with van der Waals surface area (Å²) in [7, 11) is 0. The van der Waals surface area contributed by atoms with Gasteiger partial charge < -0.3 is 101 Å². The molecule has 8 aromatic rings. The number of hydrogen-bond donors (Lipinski definition) is 6. The van der Waals surface area contributed by atoms with Crippen molar-refractivity contribution in [1.29, 1.82) is 5.41 Å². The molecule has 4 saturated heterocycles. The minimum Gasteiger partial charge on any atom is -0.505 e. The molecule has 0 saturated carbocycles. The lowest BCUT2D eigenvalue weighted by atomic mass is 9.83. The molecule has 0 radical (unpaired) electrons.